The lowest BCUT2D eigenvalue weighted by Crippen LogP contribution is -2.55. The predicted molar refractivity (Wildman–Crippen MR) is 120 cm³/mol. The Bertz CT molecular complexity index is 1090. The summed E-state index contributed by atoms with van der Waals surface area (Å²) >= 11 is 0. The number of carbonyl (C=O) groups is 1. The number of amides is 2. The molecule has 0 radical (unpaired) electrons. The molecule has 0 unspecified atom stereocenters. The molecule has 164 valence electrons. The van der Waals surface area contributed by atoms with Crippen molar-refractivity contribution in [2.24, 2.45) is 5.92 Å². The molecule has 0 N–H and O–H groups in total. The van der Waals surface area contributed by atoms with Crippen molar-refractivity contribution in [1.29, 1.82) is 0 Å². The second kappa shape index (κ2) is 8.04. The van der Waals surface area contributed by atoms with Crippen molar-refractivity contribution in [1.82, 2.24) is 14.1 Å². The van der Waals surface area contributed by atoms with Gasteiger partial charge in [0.2, 0.25) is 0 Å². The fraction of sp³-hybridized carbons (Fsp3) is 0.375. The minimum Gasteiger partial charge on any atom is -0.323 e. The zero-order valence-corrected chi connectivity index (χ0v) is 19.2. The SMILES string of the molecule is CC1=CN(S(=O)(=O)c2ccccc2)[C@H](N2C(=O)N(C)[C@@H](C)[C@H]2c2ccccc2)[C@H](C)C1. The molecular weight excluding hydrogens is 410 g/mol. The topological polar surface area (TPSA) is 60.9 Å². The van der Waals surface area contributed by atoms with Crippen LogP contribution in [0.25, 0.3) is 0 Å². The van der Waals surface area contributed by atoms with Gasteiger partial charge in [-0.15, -0.1) is 0 Å². The highest BCUT2D eigenvalue weighted by atomic mass is 32.2. The van der Waals surface area contributed by atoms with Crippen LogP contribution in [0.3, 0.4) is 0 Å². The Kier molecular flexibility index (Phi) is 5.56. The van der Waals surface area contributed by atoms with E-state index >= 15 is 0 Å². The molecule has 1 fully saturated rings. The molecule has 0 saturated carbocycles. The summed E-state index contributed by atoms with van der Waals surface area (Å²) in [6.07, 6.45) is 1.82. The van der Waals surface area contributed by atoms with Gasteiger partial charge in [0.25, 0.3) is 10.0 Å². The van der Waals surface area contributed by atoms with E-state index in [4.69, 9.17) is 0 Å². The Morgan fingerprint density at radius 1 is 0.935 bits per heavy atom. The predicted octanol–water partition coefficient (Wildman–Crippen LogP) is 4.44. The van der Waals surface area contributed by atoms with E-state index in [-0.39, 0.29) is 28.9 Å². The second-order valence-electron chi connectivity index (χ2n) is 8.62. The minimum absolute atomic E-state index is 0.0580. The Morgan fingerprint density at radius 2 is 1.52 bits per heavy atom. The first-order valence-electron chi connectivity index (χ1n) is 10.6. The summed E-state index contributed by atoms with van der Waals surface area (Å²) in [6.45, 7) is 5.97. The lowest BCUT2D eigenvalue weighted by atomic mass is 9.93. The van der Waals surface area contributed by atoms with E-state index < -0.39 is 16.2 Å². The van der Waals surface area contributed by atoms with E-state index in [1.165, 1.54) is 4.31 Å². The van der Waals surface area contributed by atoms with Crippen LogP contribution in [0.2, 0.25) is 0 Å². The van der Waals surface area contributed by atoms with Gasteiger partial charge in [0.15, 0.2) is 0 Å². The number of hydrogen-bond donors (Lipinski definition) is 0. The fourth-order valence-electron chi connectivity index (χ4n) is 4.82. The van der Waals surface area contributed by atoms with Crippen molar-refractivity contribution in [2.45, 2.75) is 50.3 Å². The monoisotopic (exact) mass is 439 g/mol. The Hall–Kier alpha value is -2.80. The summed E-state index contributed by atoms with van der Waals surface area (Å²) < 4.78 is 28.8. The summed E-state index contributed by atoms with van der Waals surface area (Å²) in [5.41, 5.74) is 1.98. The number of rotatable bonds is 4. The van der Waals surface area contributed by atoms with Crippen molar-refractivity contribution >= 4 is 16.1 Å². The molecule has 7 heteroatoms. The molecule has 2 aliphatic heterocycles. The molecule has 0 aliphatic carbocycles. The van der Waals surface area contributed by atoms with Crippen molar-refractivity contribution in [3.63, 3.8) is 0 Å². The average molecular weight is 440 g/mol. The van der Waals surface area contributed by atoms with E-state index in [1.807, 2.05) is 51.1 Å². The van der Waals surface area contributed by atoms with Crippen LogP contribution in [0.1, 0.15) is 38.8 Å². The van der Waals surface area contributed by atoms with Gasteiger partial charge in [0.05, 0.1) is 17.0 Å². The average Bonchev–Trinajstić information content (AvgIpc) is 2.98. The van der Waals surface area contributed by atoms with Crippen molar-refractivity contribution < 1.29 is 13.2 Å². The van der Waals surface area contributed by atoms with Crippen LogP contribution in [-0.2, 0) is 10.0 Å². The summed E-state index contributed by atoms with van der Waals surface area (Å²) in [5, 5.41) is 0. The Balaban J connectivity index is 1.85. The van der Waals surface area contributed by atoms with Gasteiger partial charge in [-0.25, -0.2) is 13.2 Å². The molecule has 2 heterocycles. The molecule has 0 spiro atoms. The number of allylic oxidation sites excluding steroid dienone is 1. The van der Waals surface area contributed by atoms with Crippen molar-refractivity contribution in [3.05, 3.63) is 78.0 Å². The van der Waals surface area contributed by atoms with E-state index in [0.29, 0.717) is 0 Å². The number of sulfonamides is 1. The van der Waals surface area contributed by atoms with Gasteiger partial charge in [0.1, 0.15) is 6.17 Å². The zero-order valence-electron chi connectivity index (χ0n) is 18.3. The maximum absolute atomic E-state index is 13.7. The molecule has 0 bridgehead atoms. The normalized spacial score (nSPS) is 26.9. The standard InChI is InChI=1S/C24H29N3O3S/c1-17-15-18(2)23(26(16-17)31(29,30)21-13-9-6-10-14-21)27-22(19(3)25(4)24(27)28)20-11-7-5-8-12-20/h5-14,16,18-19,22-23H,15H2,1-4H3/t18-,19+,22+,23-/m1/s1. The minimum atomic E-state index is -3.83. The summed E-state index contributed by atoms with van der Waals surface area (Å²) in [6, 6.07) is 17.8. The molecule has 2 aromatic carbocycles. The lowest BCUT2D eigenvalue weighted by molar-refractivity contribution is 0.0794. The number of nitrogens with zero attached hydrogens (tertiary/aromatic N) is 3. The third-order valence-corrected chi connectivity index (χ3v) is 8.14. The van der Waals surface area contributed by atoms with Gasteiger partial charge in [-0.1, -0.05) is 61.0 Å². The third-order valence-electron chi connectivity index (χ3n) is 6.40. The van der Waals surface area contributed by atoms with Crippen LogP contribution >= 0.6 is 0 Å². The Morgan fingerprint density at radius 3 is 2.13 bits per heavy atom. The van der Waals surface area contributed by atoms with Crippen LogP contribution in [0.4, 0.5) is 4.79 Å². The van der Waals surface area contributed by atoms with Gasteiger partial charge in [-0.2, -0.15) is 0 Å². The lowest BCUT2D eigenvalue weighted by Gasteiger charge is -2.45. The number of benzene rings is 2. The van der Waals surface area contributed by atoms with Crippen LogP contribution in [0, 0.1) is 5.92 Å². The van der Waals surface area contributed by atoms with Crippen LogP contribution < -0.4 is 0 Å². The summed E-state index contributed by atoms with van der Waals surface area (Å²) in [5.74, 6) is -0.0580. The van der Waals surface area contributed by atoms with E-state index in [1.54, 1.807) is 53.4 Å². The van der Waals surface area contributed by atoms with Crippen LogP contribution in [-0.4, -0.2) is 47.8 Å². The van der Waals surface area contributed by atoms with Gasteiger partial charge < -0.3 is 4.90 Å². The highest BCUT2D eigenvalue weighted by molar-refractivity contribution is 7.89. The summed E-state index contributed by atoms with van der Waals surface area (Å²) in [4.78, 5) is 17.2. The maximum Gasteiger partial charge on any atom is 0.322 e. The van der Waals surface area contributed by atoms with Gasteiger partial charge in [-0.3, -0.25) is 9.21 Å². The van der Waals surface area contributed by atoms with Gasteiger partial charge in [-0.05, 0) is 38.0 Å². The molecule has 31 heavy (non-hydrogen) atoms. The molecule has 4 rings (SSSR count). The highest BCUT2D eigenvalue weighted by Crippen LogP contribution is 2.42. The highest BCUT2D eigenvalue weighted by Gasteiger charge is 2.51. The third kappa shape index (κ3) is 3.61. The number of carbonyl (C=O) groups excluding carboxylic acids is 1. The number of likely N-dealkylation sites (N-methyl/N-ethyl adjacent to an activating group) is 1. The first kappa shape index (κ1) is 21.4. The van der Waals surface area contributed by atoms with Gasteiger partial charge >= 0.3 is 6.03 Å². The molecule has 2 aromatic rings. The van der Waals surface area contributed by atoms with Crippen LogP contribution in [0.5, 0.6) is 0 Å². The van der Waals surface area contributed by atoms with Crippen molar-refractivity contribution in [2.75, 3.05) is 7.05 Å². The maximum atomic E-state index is 13.7. The quantitative estimate of drug-likeness (QED) is 0.707. The first-order valence-corrected chi connectivity index (χ1v) is 12.0. The number of hydrogen-bond acceptors (Lipinski definition) is 3. The van der Waals surface area contributed by atoms with Gasteiger partial charge in [0, 0.05) is 19.2 Å². The molecule has 1 saturated heterocycles. The Labute approximate surface area is 184 Å². The first-order chi connectivity index (χ1) is 14.7. The number of urea groups is 1. The molecule has 0 aromatic heterocycles. The zero-order chi connectivity index (χ0) is 22.3. The van der Waals surface area contributed by atoms with Crippen molar-refractivity contribution in [3.8, 4) is 0 Å². The summed E-state index contributed by atoms with van der Waals surface area (Å²) in [7, 11) is -2.05. The molecule has 6 nitrogen and oxygen atoms in total. The largest absolute Gasteiger partial charge is 0.323 e. The van der Waals surface area contributed by atoms with Crippen LogP contribution in [0.15, 0.2) is 77.3 Å². The van der Waals surface area contributed by atoms with E-state index in [9.17, 15) is 13.2 Å². The smallest absolute Gasteiger partial charge is 0.322 e. The molecule has 4 atom stereocenters. The molecule has 2 aliphatic rings. The van der Waals surface area contributed by atoms with E-state index in [2.05, 4.69) is 0 Å². The fourth-order valence-corrected chi connectivity index (χ4v) is 6.48. The second-order valence-corrected chi connectivity index (χ2v) is 10.5. The molecule has 2 amide bonds. The molecular formula is C24H29N3O3S. The van der Waals surface area contributed by atoms with E-state index in [0.717, 1.165) is 17.6 Å².